The molecule has 0 heterocycles. The summed E-state index contributed by atoms with van der Waals surface area (Å²) < 4.78 is 45.4. The van der Waals surface area contributed by atoms with Crippen molar-refractivity contribution in [3.05, 3.63) is 106 Å². The number of benzene rings is 3. The molecule has 0 bridgehead atoms. The van der Waals surface area contributed by atoms with Crippen LogP contribution in [0, 0.1) is 18.8 Å². The molecule has 1 N–H and O–H groups in total. The van der Waals surface area contributed by atoms with E-state index < -0.39 is 10.1 Å². The highest BCUT2D eigenvalue weighted by molar-refractivity contribution is 7.85. The first-order valence-corrected chi connectivity index (χ1v) is 15.6. The van der Waals surface area contributed by atoms with Gasteiger partial charge in [0.15, 0.2) is 6.29 Å². The van der Waals surface area contributed by atoms with Crippen LogP contribution >= 0.6 is 23.2 Å². The fourth-order valence-electron chi connectivity index (χ4n) is 4.46. The van der Waals surface area contributed by atoms with E-state index in [4.69, 9.17) is 42.0 Å². The molecule has 1 unspecified atom stereocenters. The van der Waals surface area contributed by atoms with Gasteiger partial charge in [-0.05, 0) is 97.5 Å². The Kier molecular flexibility index (Phi) is 12.7. The summed E-state index contributed by atoms with van der Waals surface area (Å²) in [5, 5.41) is 1.55. The average molecular weight is 622 g/mol. The first kappa shape index (κ1) is 33.1. The van der Waals surface area contributed by atoms with Crippen LogP contribution in [0.2, 0.25) is 10.0 Å². The lowest BCUT2D eigenvalue weighted by Crippen LogP contribution is -2.24. The van der Waals surface area contributed by atoms with Crippen molar-refractivity contribution in [2.45, 2.75) is 49.7 Å². The molecule has 3 aromatic carbocycles. The van der Waals surface area contributed by atoms with Crippen LogP contribution in [0.3, 0.4) is 0 Å². The molecule has 2 saturated carbocycles. The Balaban J connectivity index is 0.000000172. The van der Waals surface area contributed by atoms with Crippen molar-refractivity contribution in [2.75, 3.05) is 21.3 Å². The van der Waals surface area contributed by atoms with Gasteiger partial charge in [0.2, 0.25) is 0 Å². The van der Waals surface area contributed by atoms with E-state index in [0.29, 0.717) is 17.8 Å². The number of aryl methyl sites for hydroxylation is 1. The van der Waals surface area contributed by atoms with Crippen molar-refractivity contribution >= 4 is 38.9 Å². The second-order valence-corrected chi connectivity index (χ2v) is 12.4. The van der Waals surface area contributed by atoms with Crippen LogP contribution in [-0.2, 0) is 24.3 Å². The van der Waals surface area contributed by atoms with Gasteiger partial charge in [-0.15, -0.1) is 0 Å². The van der Waals surface area contributed by atoms with Gasteiger partial charge in [-0.25, -0.2) is 0 Å². The van der Waals surface area contributed by atoms with Crippen molar-refractivity contribution in [1.82, 2.24) is 0 Å². The summed E-state index contributed by atoms with van der Waals surface area (Å²) in [6, 6.07) is 21.9. The van der Waals surface area contributed by atoms with Gasteiger partial charge in [0, 0.05) is 30.2 Å². The Morgan fingerprint density at radius 1 is 0.829 bits per heavy atom. The number of hydrogen-bond acceptors (Lipinski definition) is 5. The highest BCUT2D eigenvalue weighted by Gasteiger charge is 2.38. The molecule has 2 aliphatic carbocycles. The maximum Gasteiger partial charge on any atom is 0.294 e. The van der Waals surface area contributed by atoms with Gasteiger partial charge in [-0.3, -0.25) is 4.55 Å². The van der Waals surface area contributed by atoms with E-state index in [1.165, 1.54) is 54.5 Å². The summed E-state index contributed by atoms with van der Waals surface area (Å²) in [7, 11) is 1.06. The minimum atomic E-state index is -4.02. The van der Waals surface area contributed by atoms with E-state index in [2.05, 4.69) is 12.1 Å². The molecule has 3 aromatic rings. The molecule has 222 valence electrons. The molecular weight excluding hydrogens is 583 g/mol. The topological polar surface area (TPSA) is 82.1 Å². The van der Waals surface area contributed by atoms with Crippen molar-refractivity contribution in [3.63, 3.8) is 0 Å². The van der Waals surface area contributed by atoms with Crippen LogP contribution in [0.25, 0.3) is 5.57 Å². The monoisotopic (exact) mass is 620 g/mol. The van der Waals surface area contributed by atoms with Gasteiger partial charge in [0.05, 0.1) is 18.3 Å². The van der Waals surface area contributed by atoms with Crippen LogP contribution in [-0.4, -0.2) is 40.6 Å². The summed E-state index contributed by atoms with van der Waals surface area (Å²) in [5.41, 5.74) is 4.72. The average Bonchev–Trinajstić information content (AvgIpc) is 3.87. The van der Waals surface area contributed by atoms with E-state index >= 15 is 0 Å². The second kappa shape index (κ2) is 15.7. The van der Waals surface area contributed by atoms with Crippen LogP contribution in [0.1, 0.15) is 48.3 Å². The molecule has 0 spiro atoms. The highest BCUT2D eigenvalue weighted by Crippen LogP contribution is 2.45. The molecule has 5 rings (SSSR count). The first-order chi connectivity index (χ1) is 19.6. The molecule has 0 saturated heterocycles. The van der Waals surface area contributed by atoms with Crippen molar-refractivity contribution in [3.8, 4) is 0 Å². The van der Waals surface area contributed by atoms with Gasteiger partial charge >= 0.3 is 0 Å². The van der Waals surface area contributed by atoms with Crippen LogP contribution < -0.4 is 0 Å². The Morgan fingerprint density at radius 3 is 1.76 bits per heavy atom. The van der Waals surface area contributed by atoms with E-state index in [1.54, 1.807) is 33.5 Å². The molecule has 2 fully saturated rings. The zero-order valence-electron chi connectivity index (χ0n) is 23.8. The zero-order valence-corrected chi connectivity index (χ0v) is 26.1. The summed E-state index contributed by atoms with van der Waals surface area (Å²) in [4.78, 5) is -0.0666. The van der Waals surface area contributed by atoms with Crippen LogP contribution in [0.4, 0.5) is 0 Å². The van der Waals surface area contributed by atoms with Crippen molar-refractivity contribution in [2.24, 2.45) is 11.8 Å². The van der Waals surface area contributed by atoms with E-state index in [-0.39, 0.29) is 11.2 Å². The van der Waals surface area contributed by atoms with Gasteiger partial charge < -0.3 is 14.2 Å². The Bertz CT molecular complexity index is 1340. The molecule has 0 aliphatic heterocycles. The molecule has 0 radical (unpaired) electrons. The SMILES string of the molecule is COC(OC)C(c1ccc(Cl)cc1)C1CC1.COC=C(c1ccc(Cl)cc1)C1CC1.Cc1ccc(S(=O)(=O)O)cc1. The molecule has 0 aromatic heterocycles. The van der Waals surface area contributed by atoms with E-state index in [0.717, 1.165) is 15.6 Å². The van der Waals surface area contributed by atoms with Crippen molar-refractivity contribution < 1.29 is 27.2 Å². The lowest BCUT2D eigenvalue weighted by atomic mass is 9.93. The standard InChI is InChI=1S/C13H17ClO2.C12H13ClO.C7H8O3S/c1-15-13(16-2)12(9-3-4-9)10-5-7-11(14)8-6-10;1-14-8-12(9-2-3-9)10-4-6-11(13)7-5-10;1-6-2-4-7(5-3-6)11(8,9)10/h5-9,12-13H,3-4H2,1-2H3;4-9H,2-3H2,1H3;2-5H,1H3,(H,8,9,10). The maximum absolute atomic E-state index is 10.5. The number of halogens is 2. The maximum atomic E-state index is 10.5. The minimum absolute atomic E-state index is 0.0666. The largest absolute Gasteiger partial charge is 0.504 e. The third kappa shape index (κ3) is 10.7. The summed E-state index contributed by atoms with van der Waals surface area (Å²) in [5.74, 6) is 1.70. The van der Waals surface area contributed by atoms with Gasteiger partial charge in [0.1, 0.15) is 0 Å². The normalized spacial score (nSPS) is 15.8. The number of methoxy groups -OCH3 is 3. The smallest absolute Gasteiger partial charge is 0.294 e. The van der Waals surface area contributed by atoms with Crippen LogP contribution in [0.5, 0.6) is 0 Å². The zero-order chi connectivity index (χ0) is 30.0. The molecule has 2 aliphatic rings. The van der Waals surface area contributed by atoms with Gasteiger partial charge in [0.25, 0.3) is 10.1 Å². The number of rotatable bonds is 9. The van der Waals surface area contributed by atoms with Crippen LogP contribution in [0.15, 0.2) is 84.0 Å². The molecular formula is C32H38Cl2O6S. The third-order valence-electron chi connectivity index (χ3n) is 6.90. The second-order valence-electron chi connectivity index (χ2n) is 10.1. The predicted molar refractivity (Wildman–Crippen MR) is 165 cm³/mol. The number of ether oxygens (including phenoxy) is 3. The van der Waals surface area contributed by atoms with Gasteiger partial charge in [-0.2, -0.15) is 8.42 Å². The molecule has 1 atom stereocenters. The Morgan fingerprint density at radius 2 is 1.34 bits per heavy atom. The molecule has 9 heteroatoms. The molecule has 0 amide bonds. The lowest BCUT2D eigenvalue weighted by molar-refractivity contribution is -0.122. The summed E-state index contributed by atoms with van der Waals surface area (Å²) in [6.07, 6.45) is 6.76. The fraction of sp³-hybridized carbons (Fsp3) is 0.375. The number of allylic oxidation sites excluding steroid dienone is 1. The fourth-order valence-corrected chi connectivity index (χ4v) is 5.19. The third-order valence-corrected chi connectivity index (χ3v) is 8.27. The Hall–Kier alpha value is -2.39. The quantitative estimate of drug-likeness (QED) is 0.147. The van der Waals surface area contributed by atoms with Crippen molar-refractivity contribution in [1.29, 1.82) is 0 Å². The number of hydrogen-bond donors (Lipinski definition) is 1. The minimum Gasteiger partial charge on any atom is -0.504 e. The molecule has 41 heavy (non-hydrogen) atoms. The first-order valence-electron chi connectivity index (χ1n) is 13.4. The van der Waals surface area contributed by atoms with Gasteiger partial charge in [-0.1, -0.05) is 65.2 Å². The van der Waals surface area contributed by atoms with E-state index in [9.17, 15) is 8.42 Å². The van der Waals surface area contributed by atoms with E-state index in [1.807, 2.05) is 49.6 Å². The predicted octanol–water partition coefficient (Wildman–Crippen LogP) is 8.43. The highest BCUT2D eigenvalue weighted by atomic mass is 35.5. The lowest BCUT2D eigenvalue weighted by Gasteiger charge is -2.25. The Labute approximate surface area is 254 Å². The summed E-state index contributed by atoms with van der Waals surface area (Å²) >= 11 is 11.7. The summed E-state index contributed by atoms with van der Waals surface area (Å²) in [6.45, 7) is 1.84. The molecule has 6 nitrogen and oxygen atoms in total.